The van der Waals surface area contributed by atoms with Gasteiger partial charge in [0.1, 0.15) is 5.54 Å². The first kappa shape index (κ1) is 15.4. The molecule has 1 aliphatic heterocycles. The van der Waals surface area contributed by atoms with Crippen LogP contribution >= 0.6 is 0 Å². The van der Waals surface area contributed by atoms with Crippen molar-refractivity contribution in [2.45, 2.75) is 38.8 Å². The predicted molar refractivity (Wildman–Crippen MR) is 68.3 cm³/mol. The minimum absolute atomic E-state index is 0.0527. The zero-order valence-electron chi connectivity index (χ0n) is 11.8. The Hall–Kier alpha value is -1.63. The highest BCUT2D eigenvalue weighted by Crippen LogP contribution is 2.16. The van der Waals surface area contributed by atoms with Gasteiger partial charge in [0.15, 0.2) is 0 Å². The van der Waals surface area contributed by atoms with Gasteiger partial charge < -0.3 is 15.3 Å². The summed E-state index contributed by atoms with van der Waals surface area (Å²) < 4.78 is 0. The molecule has 0 aromatic carbocycles. The number of nitrogens with one attached hydrogen (secondary N) is 1. The SMILES string of the molecule is CC(O)CN(C)C(=O)CCN1C(=O)NC(C)(C)C1=O. The molecular weight excluding hydrogens is 250 g/mol. The van der Waals surface area contributed by atoms with Crippen LogP contribution in [-0.4, -0.2) is 64.5 Å². The number of likely N-dealkylation sites (N-methyl/N-ethyl adjacent to an activating group) is 1. The fourth-order valence-electron chi connectivity index (χ4n) is 1.92. The minimum Gasteiger partial charge on any atom is -0.392 e. The Morgan fingerprint density at radius 1 is 1.47 bits per heavy atom. The molecule has 4 amide bonds. The molecule has 1 atom stereocenters. The lowest BCUT2D eigenvalue weighted by Gasteiger charge is -2.20. The number of rotatable bonds is 5. The van der Waals surface area contributed by atoms with Crippen LogP contribution in [0, 0.1) is 0 Å². The van der Waals surface area contributed by atoms with E-state index >= 15 is 0 Å². The quantitative estimate of drug-likeness (QED) is 0.662. The predicted octanol–water partition coefficient (Wildman–Crippen LogP) is -0.454. The zero-order valence-corrected chi connectivity index (χ0v) is 11.8. The fourth-order valence-corrected chi connectivity index (χ4v) is 1.92. The average Bonchev–Trinajstić information content (AvgIpc) is 2.45. The van der Waals surface area contributed by atoms with E-state index in [9.17, 15) is 19.5 Å². The molecule has 108 valence electrons. The first-order chi connectivity index (χ1) is 8.65. The molecule has 1 aliphatic rings. The van der Waals surface area contributed by atoms with Crippen LogP contribution in [0.25, 0.3) is 0 Å². The molecule has 7 nitrogen and oxygen atoms in total. The molecule has 0 radical (unpaired) electrons. The largest absolute Gasteiger partial charge is 0.392 e. The molecule has 0 aromatic rings. The van der Waals surface area contributed by atoms with Gasteiger partial charge in [0.2, 0.25) is 5.91 Å². The Bertz CT molecular complexity index is 392. The Morgan fingerprint density at radius 3 is 2.47 bits per heavy atom. The first-order valence-electron chi connectivity index (χ1n) is 6.21. The number of imide groups is 1. The van der Waals surface area contributed by atoms with Gasteiger partial charge in [-0.25, -0.2) is 4.79 Å². The van der Waals surface area contributed by atoms with Gasteiger partial charge in [-0.3, -0.25) is 14.5 Å². The van der Waals surface area contributed by atoms with Crippen molar-refractivity contribution < 1.29 is 19.5 Å². The maximum absolute atomic E-state index is 11.9. The Balaban J connectivity index is 2.51. The summed E-state index contributed by atoms with van der Waals surface area (Å²) in [5, 5.41) is 11.7. The lowest BCUT2D eigenvalue weighted by atomic mass is 10.1. The Morgan fingerprint density at radius 2 is 2.05 bits per heavy atom. The van der Waals surface area contributed by atoms with Gasteiger partial charge >= 0.3 is 6.03 Å². The topological polar surface area (TPSA) is 89.9 Å². The van der Waals surface area contributed by atoms with Crippen molar-refractivity contribution in [3.63, 3.8) is 0 Å². The van der Waals surface area contributed by atoms with Crippen molar-refractivity contribution in [1.29, 1.82) is 0 Å². The van der Waals surface area contributed by atoms with Crippen molar-refractivity contribution in [2.24, 2.45) is 0 Å². The minimum atomic E-state index is -0.911. The second-order valence-electron chi connectivity index (χ2n) is 5.39. The van der Waals surface area contributed by atoms with Crippen LogP contribution in [0.15, 0.2) is 0 Å². The summed E-state index contributed by atoms with van der Waals surface area (Å²) in [7, 11) is 1.57. The number of aliphatic hydroxyl groups excluding tert-OH is 1. The van der Waals surface area contributed by atoms with Gasteiger partial charge in [0.25, 0.3) is 5.91 Å². The normalized spacial score (nSPS) is 19.3. The molecule has 1 rings (SSSR count). The van der Waals surface area contributed by atoms with Crippen LogP contribution in [0.2, 0.25) is 0 Å². The van der Waals surface area contributed by atoms with Crippen LogP contribution in [0.5, 0.6) is 0 Å². The van der Waals surface area contributed by atoms with E-state index in [1.807, 2.05) is 0 Å². The van der Waals surface area contributed by atoms with E-state index in [2.05, 4.69) is 5.32 Å². The van der Waals surface area contributed by atoms with Crippen molar-refractivity contribution in [3.05, 3.63) is 0 Å². The summed E-state index contributed by atoms with van der Waals surface area (Å²) in [6.45, 7) is 5.11. The van der Waals surface area contributed by atoms with Crippen molar-refractivity contribution in [2.75, 3.05) is 20.1 Å². The molecule has 0 aromatic heterocycles. The Labute approximate surface area is 112 Å². The second kappa shape index (κ2) is 5.56. The molecule has 0 bridgehead atoms. The third-order valence-corrected chi connectivity index (χ3v) is 2.96. The monoisotopic (exact) mass is 271 g/mol. The molecule has 19 heavy (non-hydrogen) atoms. The van der Waals surface area contributed by atoms with E-state index in [-0.39, 0.29) is 31.3 Å². The van der Waals surface area contributed by atoms with E-state index in [0.717, 1.165) is 4.90 Å². The number of urea groups is 1. The van der Waals surface area contributed by atoms with Crippen molar-refractivity contribution in [3.8, 4) is 0 Å². The standard InChI is InChI=1S/C12H21N3O4/c1-8(16)7-14(4)9(17)5-6-15-10(18)12(2,3)13-11(15)19/h8,16H,5-7H2,1-4H3,(H,13,19). The van der Waals surface area contributed by atoms with Gasteiger partial charge in [-0.05, 0) is 20.8 Å². The molecule has 2 N–H and O–H groups in total. The smallest absolute Gasteiger partial charge is 0.325 e. The second-order valence-corrected chi connectivity index (χ2v) is 5.39. The summed E-state index contributed by atoms with van der Waals surface area (Å²) in [6.07, 6.45) is -0.553. The first-order valence-corrected chi connectivity index (χ1v) is 6.21. The van der Waals surface area contributed by atoms with E-state index in [0.29, 0.717) is 0 Å². The average molecular weight is 271 g/mol. The Kier molecular flexibility index (Phi) is 4.52. The summed E-state index contributed by atoms with van der Waals surface area (Å²) in [5.74, 6) is -0.547. The van der Waals surface area contributed by atoms with Gasteiger partial charge in [0, 0.05) is 26.6 Å². The lowest BCUT2D eigenvalue weighted by Crippen LogP contribution is -2.41. The molecule has 1 heterocycles. The molecule has 0 aliphatic carbocycles. The van der Waals surface area contributed by atoms with Crippen LogP contribution in [0.1, 0.15) is 27.2 Å². The number of aliphatic hydroxyl groups is 1. The molecule has 1 saturated heterocycles. The van der Waals surface area contributed by atoms with Crippen LogP contribution in [0.4, 0.5) is 4.79 Å². The fraction of sp³-hybridized carbons (Fsp3) is 0.750. The number of carbonyl (C=O) groups is 3. The molecule has 1 unspecified atom stereocenters. The maximum atomic E-state index is 11.9. The van der Waals surface area contributed by atoms with Crippen LogP contribution in [-0.2, 0) is 9.59 Å². The molecule has 0 spiro atoms. The highest BCUT2D eigenvalue weighted by atomic mass is 16.3. The van der Waals surface area contributed by atoms with Gasteiger partial charge in [-0.15, -0.1) is 0 Å². The highest BCUT2D eigenvalue weighted by molar-refractivity contribution is 6.06. The van der Waals surface area contributed by atoms with Gasteiger partial charge in [-0.1, -0.05) is 0 Å². The van der Waals surface area contributed by atoms with E-state index in [1.165, 1.54) is 4.90 Å². The third kappa shape index (κ3) is 3.66. The summed E-state index contributed by atoms with van der Waals surface area (Å²) in [6, 6.07) is -0.471. The number of hydrogen-bond donors (Lipinski definition) is 2. The lowest BCUT2D eigenvalue weighted by molar-refractivity contribution is -0.133. The highest BCUT2D eigenvalue weighted by Gasteiger charge is 2.44. The summed E-state index contributed by atoms with van der Waals surface area (Å²) in [5.41, 5.74) is -0.911. The molecular formula is C12H21N3O4. The third-order valence-electron chi connectivity index (χ3n) is 2.96. The zero-order chi connectivity index (χ0) is 14.8. The van der Waals surface area contributed by atoms with Crippen molar-refractivity contribution in [1.82, 2.24) is 15.1 Å². The van der Waals surface area contributed by atoms with Crippen LogP contribution in [0.3, 0.4) is 0 Å². The number of amides is 4. The molecule has 7 heteroatoms. The number of carbonyl (C=O) groups excluding carboxylic acids is 3. The molecule has 1 fully saturated rings. The molecule has 0 saturated carbocycles. The number of hydrogen-bond acceptors (Lipinski definition) is 4. The van der Waals surface area contributed by atoms with Gasteiger partial charge in [-0.2, -0.15) is 0 Å². The van der Waals surface area contributed by atoms with E-state index < -0.39 is 17.7 Å². The maximum Gasteiger partial charge on any atom is 0.325 e. The van der Waals surface area contributed by atoms with E-state index in [4.69, 9.17) is 0 Å². The van der Waals surface area contributed by atoms with Crippen LogP contribution < -0.4 is 5.32 Å². The van der Waals surface area contributed by atoms with E-state index in [1.54, 1.807) is 27.8 Å². The van der Waals surface area contributed by atoms with Crippen molar-refractivity contribution >= 4 is 17.8 Å². The summed E-state index contributed by atoms with van der Waals surface area (Å²) >= 11 is 0. The summed E-state index contributed by atoms with van der Waals surface area (Å²) in [4.78, 5) is 37.7. The number of nitrogens with zero attached hydrogens (tertiary/aromatic N) is 2. The van der Waals surface area contributed by atoms with Gasteiger partial charge in [0.05, 0.1) is 6.10 Å².